The van der Waals surface area contributed by atoms with Crippen molar-refractivity contribution in [2.75, 3.05) is 39.0 Å². The normalized spacial score (nSPS) is 31.9. The lowest BCUT2D eigenvalue weighted by Gasteiger charge is -2.42. The molecule has 0 saturated carbocycles. The molecule has 0 aromatic heterocycles. The van der Waals surface area contributed by atoms with Crippen molar-refractivity contribution >= 4 is 53.8 Å². The molecule has 1 aromatic rings. The molecule has 3 amide bonds. The van der Waals surface area contributed by atoms with E-state index in [4.69, 9.17) is 35.3 Å². The average molecular weight is 752 g/mol. The van der Waals surface area contributed by atoms with E-state index in [1.54, 1.807) is 52.1 Å². The van der Waals surface area contributed by atoms with Crippen LogP contribution < -0.4 is 15.0 Å². The molecule has 1 aromatic carbocycles. The lowest BCUT2D eigenvalue weighted by Crippen LogP contribution is -2.63. The van der Waals surface area contributed by atoms with E-state index >= 15 is 0 Å². The standard InChI is InChI=1S/C36H50ClN3O10S/c1-20-11-9-12-27(47-8)36(45)19-26(48-34(44)38-36)21(2)32-35(4,50-32)28(49-33(43)22(3)39(5)29(41)13-10-14-51)18-30(42)40(6)24-16-23(15-20)17-25(46-7)31(24)37/h9,11-12,16-17,21-22,26-28,32,45,51H,10,13-15,18-19H2,1-8H3,(H,38,44)/b12-9+,20-11-/t21-,22+,26+,27-,28+,32+,35+,36+/m1/s1. The van der Waals surface area contributed by atoms with Gasteiger partial charge in [-0.25, -0.2) is 9.59 Å². The van der Waals surface area contributed by atoms with Crippen LogP contribution in [0.5, 0.6) is 5.75 Å². The summed E-state index contributed by atoms with van der Waals surface area (Å²) in [5, 5.41) is 14.4. The zero-order valence-corrected chi connectivity index (χ0v) is 32.1. The molecule has 0 spiro atoms. The van der Waals surface area contributed by atoms with Crippen LogP contribution in [0.1, 0.15) is 58.9 Å². The Balaban J connectivity index is 1.76. The fourth-order valence-electron chi connectivity index (χ4n) is 6.62. The number of allylic oxidation sites excluding steroid dienone is 3. The van der Waals surface area contributed by atoms with Crippen LogP contribution in [-0.4, -0.2) is 110 Å². The van der Waals surface area contributed by atoms with Crippen LogP contribution in [0.4, 0.5) is 10.5 Å². The summed E-state index contributed by atoms with van der Waals surface area (Å²) in [6.07, 6.45) is 1.73. The van der Waals surface area contributed by atoms with Gasteiger partial charge in [0.2, 0.25) is 11.8 Å². The minimum Gasteiger partial charge on any atom is -0.495 e. The van der Waals surface area contributed by atoms with Gasteiger partial charge in [0.25, 0.3) is 0 Å². The molecule has 13 nitrogen and oxygen atoms in total. The first-order valence-corrected chi connectivity index (χ1v) is 18.0. The van der Waals surface area contributed by atoms with Gasteiger partial charge in [0.05, 0.1) is 25.3 Å². The summed E-state index contributed by atoms with van der Waals surface area (Å²) < 4.78 is 29.1. The number of aliphatic hydroxyl groups is 1. The van der Waals surface area contributed by atoms with Crippen LogP contribution in [0.25, 0.3) is 0 Å². The molecule has 282 valence electrons. The molecule has 3 aliphatic heterocycles. The number of hydrogen-bond donors (Lipinski definition) is 3. The first-order chi connectivity index (χ1) is 24.0. The number of esters is 1. The summed E-state index contributed by atoms with van der Waals surface area (Å²) in [5.41, 5.74) is -0.897. The number of ether oxygens (including phenoxy) is 5. The van der Waals surface area contributed by atoms with Gasteiger partial charge in [0, 0.05) is 40.0 Å². The highest BCUT2D eigenvalue weighted by molar-refractivity contribution is 7.80. The number of alkyl carbamates (subject to hydrolysis) is 1. The van der Waals surface area contributed by atoms with Crippen molar-refractivity contribution in [3.8, 4) is 5.75 Å². The van der Waals surface area contributed by atoms with Crippen LogP contribution in [0, 0.1) is 5.92 Å². The van der Waals surface area contributed by atoms with E-state index in [9.17, 15) is 24.3 Å². The fraction of sp³-hybridized carbons (Fsp3) is 0.611. The second-order valence-corrected chi connectivity index (χ2v) is 14.6. The summed E-state index contributed by atoms with van der Waals surface area (Å²) in [4.78, 5) is 55.9. The average Bonchev–Trinajstić information content (AvgIpc) is 3.79. The maximum Gasteiger partial charge on any atom is 0.409 e. The highest BCUT2D eigenvalue weighted by Gasteiger charge is 2.64. The smallest absolute Gasteiger partial charge is 0.409 e. The Bertz CT molecular complexity index is 1560. The number of epoxide rings is 1. The number of nitrogens with one attached hydrogen (secondary N) is 1. The van der Waals surface area contributed by atoms with Gasteiger partial charge < -0.3 is 38.6 Å². The molecule has 2 N–H and O–H groups in total. The predicted molar refractivity (Wildman–Crippen MR) is 194 cm³/mol. The fourth-order valence-corrected chi connectivity index (χ4v) is 7.10. The van der Waals surface area contributed by atoms with E-state index in [0.717, 1.165) is 11.1 Å². The molecule has 2 saturated heterocycles. The zero-order valence-electron chi connectivity index (χ0n) is 30.4. The molecule has 51 heavy (non-hydrogen) atoms. The lowest BCUT2D eigenvalue weighted by atomic mass is 9.83. The first-order valence-electron chi connectivity index (χ1n) is 16.9. The van der Waals surface area contributed by atoms with Crippen molar-refractivity contribution in [2.24, 2.45) is 5.92 Å². The van der Waals surface area contributed by atoms with E-state index in [1.165, 1.54) is 31.1 Å². The van der Waals surface area contributed by atoms with Crippen LogP contribution in [0.3, 0.4) is 0 Å². The molecule has 2 fully saturated rings. The summed E-state index contributed by atoms with van der Waals surface area (Å²) in [6, 6.07) is 2.62. The first kappa shape index (κ1) is 40.5. The van der Waals surface area contributed by atoms with Gasteiger partial charge >= 0.3 is 12.1 Å². The molecule has 0 radical (unpaired) electrons. The summed E-state index contributed by atoms with van der Waals surface area (Å²) >= 11 is 10.9. The number of hydrogen-bond acceptors (Lipinski definition) is 11. The Kier molecular flexibility index (Phi) is 13.2. The second kappa shape index (κ2) is 16.6. The Morgan fingerprint density at radius 3 is 2.63 bits per heavy atom. The molecule has 4 bridgehead atoms. The van der Waals surface area contributed by atoms with Crippen LogP contribution >= 0.6 is 24.2 Å². The third-order valence-corrected chi connectivity index (χ3v) is 10.8. The SMILES string of the molecule is COc1cc2cc(c1Cl)N(C)C(=O)C[C@H](OC(=O)[C@H](C)N(C)C(=O)CCCS)[C@]1(C)O[C@H]1[C@H](C)[C@@H]1C[C@@](O)(NC(=O)O1)[C@H](OC)/C=C/C=C(/C)C2. The van der Waals surface area contributed by atoms with Gasteiger partial charge in [0.15, 0.2) is 5.72 Å². The molecule has 4 rings (SSSR count). The molecule has 0 unspecified atom stereocenters. The number of likely N-dealkylation sites (N-methyl/N-ethyl adjacent to an activating group) is 1. The minimum absolute atomic E-state index is 0.0478. The molecule has 15 heteroatoms. The number of halogens is 1. The van der Waals surface area contributed by atoms with E-state index in [0.29, 0.717) is 30.0 Å². The van der Waals surface area contributed by atoms with Crippen molar-refractivity contribution in [3.05, 3.63) is 46.5 Å². The number of fused-ring (bicyclic) bond motifs is 5. The van der Waals surface area contributed by atoms with Gasteiger partial charge in [-0.2, -0.15) is 12.6 Å². The van der Waals surface area contributed by atoms with Gasteiger partial charge in [-0.1, -0.05) is 42.3 Å². The third-order valence-electron chi connectivity index (χ3n) is 10.1. The number of thiol groups is 1. The Morgan fingerprint density at radius 2 is 1.98 bits per heavy atom. The summed E-state index contributed by atoms with van der Waals surface area (Å²) in [7, 11) is 6.01. The maximum absolute atomic E-state index is 14.1. The number of methoxy groups -OCH3 is 2. The quantitative estimate of drug-likeness (QED) is 0.200. The van der Waals surface area contributed by atoms with Gasteiger partial charge in [-0.3, -0.25) is 14.9 Å². The minimum atomic E-state index is -1.82. The molecule has 3 heterocycles. The topological polar surface area (TPSA) is 156 Å². The number of nitrogens with zero attached hydrogens (tertiary/aromatic N) is 2. The third kappa shape index (κ3) is 9.02. The second-order valence-electron chi connectivity index (χ2n) is 13.7. The van der Waals surface area contributed by atoms with Gasteiger partial charge in [0.1, 0.15) is 40.7 Å². The molecule has 0 aliphatic carbocycles. The Morgan fingerprint density at radius 1 is 1.27 bits per heavy atom. The van der Waals surface area contributed by atoms with Crippen LogP contribution in [-0.2, 0) is 39.8 Å². The Hall–Kier alpha value is -3.30. The monoisotopic (exact) mass is 751 g/mol. The molecular weight excluding hydrogens is 702 g/mol. The van der Waals surface area contributed by atoms with Crippen molar-refractivity contribution in [2.45, 2.75) is 102 Å². The maximum atomic E-state index is 14.1. The van der Waals surface area contributed by atoms with E-state index in [1.807, 2.05) is 13.0 Å². The van der Waals surface area contributed by atoms with Crippen LogP contribution in [0.2, 0.25) is 5.02 Å². The number of benzene rings is 1. The number of carbonyl (C=O) groups is 4. The zero-order chi connectivity index (χ0) is 37.8. The van der Waals surface area contributed by atoms with Crippen molar-refractivity contribution < 1.29 is 48.0 Å². The summed E-state index contributed by atoms with van der Waals surface area (Å²) in [6.45, 7) is 6.99. The number of rotatable bonds is 8. The van der Waals surface area contributed by atoms with Gasteiger partial charge in [-0.15, -0.1) is 0 Å². The highest BCUT2D eigenvalue weighted by atomic mass is 35.5. The molecule has 8 atom stereocenters. The molecule has 3 aliphatic rings. The number of amides is 3. The molecular formula is C36H50ClN3O10S. The van der Waals surface area contributed by atoms with Crippen LogP contribution in [0.15, 0.2) is 35.9 Å². The number of carbonyl (C=O) groups excluding carboxylic acids is 4. The van der Waals surface area contributed by atoms with E-state index in [-0.39, 0.29) is 30.2 Å². The Labute approximate surface area is 310 Å². The number of anilines is 1. The highest BCUT2D eigenvalue weighted by Crippen LogP contribution is 2.49. The van der Waals surface area contributed by atoms with E-state index < -0.39 is 65.7 Å². The van der Waals surface area contributed by atoms with Crippen molar-refractivity contribution in [3.63, 3.8) is 0 Å². The summed E-state index contributed by atoms with van der Waals surface area (Å²) in [5.74, 6) is -1.03. The van der Waals surface area contributed by atoms with Gasteiger partial charge in [-0.05, 0) is 57.1 Å². The largest absolute Gasteiger partial charge is 0.495 e. The predicted octanol–water partition coefficient (Wildman–Crippen LogP) is 4.22. The van der Waals surface area contributed by atoms with Crippen molar-refractivity contribution in [1.82, 2.24) is 10.2 Å². The van der Waals surface area contributed by atoms with E-state index in [2.05, 4.69) is 17.9 Å². The lowest BCUT2D eigenvalue weighted by molar-refractivity contribution is -0.162. The van der Waals surface area contributed by atoms with Crippen molar-refractivity contribution in [1.29, 1.82) is 0 Å².